The zero-order valence-corrected chi connectivity index (χ0v) is 18.4. The molecule has 32 heavy (non-hydrogen) atoms. The van der Waals surface area contributed by atoms with Crippen molar-refractivity contribution >= 4 is 17.2 Å². The topological polar surface area (TPSA) is 96.9 Å². The number of carbonyl (C=O) groups excluding carboxylic acids is 2. The van der Waals surface area contributed by atoms with Gasteiger partial charge in [0, 0.05) is 26.4 Å². The Morgan fingerprint density at radius 1 is 1.12 bits per heavy atom. The summed E-state index contributed by atoms with van der Waals surface area (Å²) in [4.78, 5) is 39.1. The summed E-state index contributed by atoms with van der Waals surface area (Å²) in [5.74, 6) is 0.0309. The summed E-state index contributed by atoms with van der Waals surface area (Å²) in [7, 11) is 0. The summed E-state index contributed by atoms with van der Waals surface area (Å²) in [6, 6.07) is 13.1. The van der Waals surface area contributed by atoms with Gasteiger partial charge >= 0.3 is 0 Å². The number of ketones is 1. The van der Waals surface area contributed by atoms with Gasteiger partial charge in [0.2, 0.25) is 5.91 Å². The van der Waals surface area contributed by atoms with Crippen LogP contribution in [0.2, 0.25) is 0 Å². The van der Waals surface area contributed by atoms with Gasteiger partial charge in [-0.2, -0.15) is 5.10 Å². The number of Topliss-reactive ketones (excluding diaryl/α,β-unsaturated/α-hetero) is 1. The molecule has 1 aliphatic rings. The Bertz CT molecular complexity index is 1190. The van der Waals surface area contributed by atoms with Crippen LogP contribution in [-0.4, -0.2) is 54.6 Å². The van der Waals surface area contributed by atoms with Crippen molar-refractivity contribution in [2.24, 2.45) is 0 Å². The second-order valence-electron chi connectivity index (χ2n) is 8.76. The number of fused-ring (bicyclic) bond motifs is 1. The molecule has 0 saturated carbocycles. The van der Waals surface area contributed by atoms with Crippen molar-refractivity contribution in [3.63, 3.8) is 0 Å². The van der Waals surface area contributed by atoms with Crippen LogP contribution in [0.4, 0.5) is 0 Å². The highest BCUT2D eigenvalue weighted by atomic mass is 16.3. The second kappa shape index (κ2) is 8.70. The third-order valence-electron chi connectivity index (χ3n) is 6.36. The van der Waals surface area contributed by atoms with Gasteiger partial charge in [-0.25, -0.2) is 4.52 Å². The Hall–Kier alpha value is -3.26. The van der Waals surface area contributed by atoms with Crippen molar-refractivity contribution in [3.05, 3.63) is 70.4 Å². The van der Waals surface area contributed by atoms with Gasteiger partial charge in [0.15, 0.2) is 5.78 Å². The summed E-state index contributed by atoms with van der Waals surface area (Å²) in [6.45, 7) is 4.45. The van der Waals surface area contributed by atoms with Crippen LogP contribution < -0.4 is 5.56 Å². The predicted octanol–water partition coefficient (Wildman–Crippen LogP) is 2.25. The average Bonchev–Trinajstić information content (AvgIpc) is 3.22. The van der Waals surface area contributed by atoms with E-state index in [0.717, 1.165) is 5.56 Å². The lowest BCUT2D eigenvalue weighted by Crippen LogP contribution is -2.49. The first-order chi connectivity index (χ1) is 15.3. The Morgan fingerprint density at radius 3 is 2.47 bits per heavy atom. The van der Waals surface area contributed by atoms with E-state index in [1.807, 2.05) is 37.3 Å². The quantitative estimate of drug-likeness (QED) is 0.598. The van der Waals surface area contributed by atoms with E-state index in [0.29, 0.717) is 43.6 Å². The fourth-order valence-electron chi connectivity index (χ4n) is 4.35. The van der Waals surface area contributed by atoms with E-state index in [1.165, 1.54) is 22.3 Å². The van der Waals surface area contributed by atoms with Crippen LogP contribution in [0.5, 0.6) is 0 Å². The highest BCUT2D eigenvalue weighted by Crippen LogP contribution is 2.26. The van der Waals surface area contributed by atoms with Crippen LogP contribution in [0.1, 0.15) is 55.1 Å². The van der Waals surface area contributed by atoms with E-state index in [1.54, 1.807) is 17.0 Å². The van der Waals surface area contributed by atoms with E-state index in [2.05, 4.69) is 5.10 Å². The molecule has 1 saturated heterocycles. The molecule has 168 valence electrons. The Labute approximate surface area is 186 Å². The van der Waals surface area contributed by atoms with E-state index >= 15 is 0 Å². The van der Waals surface area contributed by atoms with E-state index in [9.17, 15) is 19.5 Å². The number of hydrogen-bond acceptors (Lipinski definition) is 5. The molecule has 1 aromatic carbocycles. The normalized spacial score (nSPS) is 16.8. The first-order valence-electron chi connectivity index (χ1n) is 10.9. The molecule has 8 nitrogen and oxygen atoms in total. The fourth-order valence-corrected chi connectivity index (χ4v) is 4.35. The largest absolute Gasteiger partial charge is 0.388 e. The van der Waals surface area contributed by atoms with Crippen molar-refractivity contribution in [1.29, 1.82) is 0 Å². The van der Waals surface area contributed by atoms with Crippen LogP contribution in [-0.2, 0) is 11.3 Å². The number of rotatable bonds is 6. The van der Waals surface area contributed by atoms with E-state index < -0.39 is 5.60 Å². The van der Waals surface area contributed by atoms with Crippen LogP contribution in [0.25, 0.3) is 5.52 Å². The van der Waals surface area contributed by atoms with Crippen LogP contribution >= 0.6 is 0 Å². The average molecular weight is 437 g/mol. The van der Waals surface area contributed by atoms with Crippen LogP contribution in [0, 0.1) is 0 Å². The number of carbonyl (C=O) groups is 2. The number of benzene rings is 1. The number of amides is 1. The Kier molecular flexibility index (Phi) is 5.97. The highest BCUT2D eigenvalue weighted by Gasteiger charge is 2.35. The van der Waals surface area contributed by atoms with Gasteiger partial charge in [-0.05, 0) is 36.5 Å². The molecule has 1 N–H and O–H groups in total. The minimum atomic E-state index is -1.10. The van der Waals surface area contributed by atoms with Gasteiger partial charge in [0.05, 0.1) is 12.1 Å². The van der Waals surface area contributed by atoms with Crippen molar-refractivity contribution in [2.45, 2.75) is 51.2 Å². The predicted molar refractivity (Wildman–Crippen MR) is 120 cm³/mol. The van der Waals surface area contributed by atoms with Gasteiger partial charge in [-0.15, -0.1) is 0 Å². The maximum Gasteiger partial charge on any atom is 0.277 e. The number of piperidine rings is 1. The standard InChI is InChI=1S/C24H28N4O4/c1-17(19-6-4-3-5-7-19)14-22(30)26-12-10-24(32,11-13-26)15-27-16-25-28-20(18(2)29)8-9-21(28)23(27)31/h3-9,16-17,32H,10-15H2,1-2H3/t17-/m1/s1. The van der Waals surface area contributed by atoms with E-state index in [-0.39, 0.29) is 29.7 Å². The number of nitrogens with zero attached hydrogens (tertiary/aromatic N) is 4. The molecule has 1 fully saturated rings. The monoisotopic (exact) mass is 436 g/mol. The molecule has 3 heterocycles. The lowest BCUT2D eigenvalue weighted by molar-refractivity contribution is -0.136. The van der Waals surface area contributed by atoms with Gasteiger partial charge < -0.3 is 10.0 Å². The minimum Gasteiger partial charge on any atom is -0.388 e. The SMILES string of the molecule is CC(=O)c1ccc2c(=O)n(CC3(O)CCN(C(=O)C[C@@H](C)c4ccccc4)CC3)cnn12. The molecular weight excluding hydrogens is 408 g/mol. The van der Waals surface area contributed by atoms with Gasteiger partial charge in [0.25, 0.3) is 5.56 Å². The fraction of sp³-hybridized carbons (Fsp3) is 0.417. The van der Waals surface area contributed by atoms with Crippen molar-refractivity contribution in [1.82, 2.24) is 19.1 Å². The molecule has 4 rings (SSSR count). The first kappa shape index (κ1) is 22.0. The zero-order chi connectivity index (χ0) is 22.9. The smallest absolute Gasteiger partial charge is 0.277 e. The van der Waals surface area contributed by atoms with Gasteiger partial charge in [-0.3, -0.25) is 19.0 Å². The molecular formula is C24H28N4O4. The summed E-state index contributed by atoms with van der Waals surface area (Å²) >= 11 is 0. The van der Waals surface area contributed by atoms with Gasteiger partial charge in [-0.1, -0.05) is 37.3 Å². The third kappa shape index (κ3) is 4.36. The molecule has 0 bridgehead atoms. The number of aromatic nitrogens is 3. The highest BCUT2D eigenvalue weighted by molar-refractivity contribution is 5.93. The maximum atomic E-state index is 12.8. The number of aliphatic hydroxyl groups is 1. The summed E-state index contributed by atoms with van der Waals surface area (Å²) in [6.07, 6.45) is 2.56. The molecule has 0 unspecified atom stereocenters. The zero-order valence-electron chi connectivity index (χ0n) is 18.4. The molecule has 8 heteroatoms. The first-order valence-corrected chi connectivity index (χ1v) is 10.9. The van der Waals surface area contributed by atoms with Crippen molar-refractivity contribution in [2.75, 3.05) is 13.1 Å². The Morgan fingerprint density at radius 2 is 1.81 bits per heavy atom. The molecule has 0 spiro atoms. The number of likely N-dealkylation sites (tertiary alicyclic amines) is 1. The van der Waals surface area contributed by atoms with Crippen LogP contribution in [0.3, 0.4) is 0 Å². The Balaban J connectivity index is 1.40. The molecule has 1 atom stereocenters. The molecule has 3 aromatic rings. The maximum absolute atomic E-state index is 12.8. The molecule has 0 aliphatic carbocycles. The summed E-state index contributed by atoms with van der Waals surface area (Å²) < 4.78 is 2.72. The van der Waals surface area contributed by atoms with Crippen LogP contribution in [0.15, 0.2) is 53.6 Å². The minimum absolute atomic E-state index is 0.0774. The molecule has 1 amide bonds. The van der Waals surface area contributed by atoms with Crippen molar-refractivity contribution in [3.8, 4) is 0 Å². The third-order valence-corrected chi connectivity index (χ3v) is 6.36. The molecule has 2 aromatic heterocycles. The lowest BCUT2D eigenvalue weighted by atomic mass is 9.90. The molecule has 1 aliphatic heterocycles. The molecule has 0 radical (unpaired) electrons. The van der Waals surface area contributed by atoms with Crippen molar-refractivity contribution < 1.29 is 14.7 Å². The number of hydrogen-bond donors (Lipinski definition) is 1. The summed E-state index contributed by atoms with van der Waals surface area (Å²) in [5.41, 5.74) is 0.371. The second-order valence-corrected chi connectivity index (χ2v) is 8.76. The lowest BCUT2D eigenvalue weighted by Gasteiger charge is -2.38. The van der Waals surface area contributed by atoms with Gasteiger partial charge in [0.1, 0.15) is 17.5 Å². The van der Waals surface area contributed by atoms with E-state index in [4.69, 9.17) is 0 Å². The summed E-state index contributed by atoms with van der Waals surface area (Å²) in [5, 5.41) is 15.3.